The van der Waals surface area contributed by atoms with Crippen LogP contribution in [0.2, 0.25) is 0 Å². The minimum Gasteiger partial charge on any atom is -0.448 e. The van der Waals surface area contributed by atoms with Gasteiger partial charge in [-0.15, -0.1) is 5.10 Å². The zero-order valence-corrected chi connectivity index (χ0v) is 16.0. The van der Waals surface area contributed by atoms with Crippen molar-refractivity contribution in [1.82, 2.24) is 20.3 Å². The van der Waals surface area contributed by atoms with Gasteiger partial charge in [0, 0.05) is 6.54 Å². The molecular formula is C21H22N4O3. The summed E-state index contributed by atoms with van der Waals surface area (Å²) < 4.78 is 5.27. The number of esters is 1. The van der Waals surface area contributed by atoms with Gasteiger partial charge in [0.05, 0.1) is 11.4 Å². The summed E-state index contributed by atoms with van der Waals surface area (Å²) in [6.07, 6.45) is -0.945. The number of aryl methyl sites for hydroxylation is 2. The number of nitrogens with zero attached hydrogens (tertiary/aromatic N) is 3. The highest BCUT2D eigenvalue weighted by Crippen LogP contribution is 2.10. The Hall–Kier alpha value is -3.48. The van der Waals surface area contributed by atoms with Gasteiger partial charge in [0.25, 0.3) is 5.91 Å². The van der Waals surface area contributed by atoms with Crippen LogP contribution in [0.1, 0.15) is 34.2 Å². The van der Waals surface area contributed by atoms with Crippen LogP contribution in [0.5, 0.6) is 0 Å². The topological polar surface area (TPSA) is 86.1 Å². The highest BCUT2D eigenvalue weighted by Gasteiger charge is 2.23. The molecule has 1 aromatic heterocycles. The number of ether oxygens (including phenoxy) is 1. The Balaban J connectivity index is 1.60. The second kappa shape index (κ2) is 8.47. The van der Waals surface area contributed by atoms with Gasteiger partial charge < -0.3 is 10.1 Å². The van der Waals surface area contributed by atoms with Gasteiger partial charge in [-0.1, -0.05) is 48.0 Å². The molecule has 7 nitrogen and oxygen atoms in total. The number of para-hydroxylation sites is 1. The number of carbonyl (C=O) groups excluding carboxylic acids is 2. The molecule has 1 N–H and O–H groups in total. The van der Waals surface area contributed by atoms with Crippen LogP contribution in [0.15, 0.2) is 54.6 Å². The third-order valence-corrected chi connectivity index (χ3v) is 4.20. The van der Waals surface area contributed by atoms with E-state index in [-0.39, 0.29) is 11.6 Å². The molecule has 0 aliphatic rings. The Bertz CT molecular complexity index is 965. The standard InChI is InChI=1S/C21H22N4O3/c1-14-9-11-17(12-10-14)13-22-20(26)16(3)28-21(27)19-15(2)23-25(24-19)18-7-5-4-6-8-18/h4-12,16H,13H2,1-3H3,(H,22,26)/t16-/m1/s1. The largest absolute Gasteiger partial charge is 0.448 e. The zero-order valence-electron chi connectivity index (χ0n) is 16.0. The van der Waals surface area contributed by atoms with Gasteiger partial charge in [0.1, 0.15) is 0 Å². The molecule has 0 bridgehead atoms. The van der Waals surface area contributed by atoms with E-state index in [0.29, 0.717) is 12.2 Å². The van der Waals surface area contributed by atoms with Crippen molar-refractivity contribution in [1.29, 1.82) is 0 Å². The van der Waals surface area contributed by atoms with Crippen molar-refractivity contribution in [2.45, 2.75) is 33.4 Å². The fourth-order valence-corrected chi connectivity index (χ4v) is 2.55. The van der Waals surface area contributed by atoms with Gasteiger partial charge in [-0.3, -0.25) is 4.79 Å². The molecule has 0 aliphatic carbocycles. The molecule has 2 aromatic carbocycles. The third kappa shape index (κ3) is 4.62. The number of rotatable bonds is 6. The Morgan fingerprint density at radius 1 is 1.04 bits per heavy atom. The second-order valence-electron chi connectivity index (χ2n) is 6.51. The first-order chi connectivity index (χ1) is 13.4. The van der Waals surface area contributed by atoms with Crippen molar-refractivity contribution in [2.75, 3.05) is 0 Å². The lowest BCUT2D eigenvalue weighted by atomic mass is 10.1. The maximum absolute atomic E-state index is 12.4. The van der Waals surface area contributed by atoms with Crippen molar-refractivity contribution < 1.29 is 14.3 Å². The summed E-state index contributed by atoms with van der Waals surface area (Å²) >= 11 is 0. The van der Waals surface area contributed by atoms with Crippen LogP contribution in [0.3, 0.4) is 0 Å². The van der Waals surface area contributed by atoms with Gasteiger partial charge in [-0.05, 0) is 38.5 Å². The summed E-state index contributed by atoms with van der Waals surface area (Å²) in [6.45, 7) is 5.56. The molecule has 0 radical (unpaired) electrons. The number of hydrogen-bond donors (Lipinski definition) is 1. The maximum atomic E-state index is 12.4. The maximum Gasteiger partial charge on any atom is 0.361 e. The molecule has 3 aromatic rings. The summed E-state index contributed by atoms with van der Waals surface area (Å²) in [5.41, 5.74) is 3.37. The third-order valence-electron chi connectivity index (χ3n) is 4.20. The molecule has 0 aliphatic heterocycles. The van der Waals surface area contributed by atoms with E-state index in [9.17, 15) is 9.59 Å². The predicted molar refractivity (Wildman–Crippen MR) is 104 cm³/mol. The van der Waals surface area contributed by atoms with Gasteiger partial charge in [0.15, 0.2) is 11.8 Å². The van der Waals surface area contributed by atoms with Gasteiger partial charge >= 0.3 is 5.97 Å². The summed E-state index contributed by atoms with van der Waals surface area (Å²) in [5.74, 6) is -1.06. The first kappa shape index (κ1) is 19.3. The summed E-state index contributed by atoms with van der Waals surface area (Å²) in [4.78, 5) is 26.0. The molecule has 28 heavy (non-hydrogen) atoms. The summed E-state index contributed by atoms with van der Waals surface area (Å²) in [5, 5.41) is 11.2. The normalized spacial score (nSPS) is 11.7. The Labute approximate surface area is 163 Å². The minimum absolute atomic E-state index is 0.0852. The van der Waals surface area contributed by atoms with E-state index in [4.69, 9.17) is 4.74 Å². The molecule has 0 spiro atoms. The molecule has 0 unspecified atom stereocenters. The van der Waals surface area contributed by atoms with E-state index in [1.54, 1.807) is 6.92 Å². The zero-order chi connectivity index (χ0) is 20.1. The van der Waals surface area contributed by atoms with Crippen LogP contribution in [-0.4, -0.2) is 33.0 Å². The number of aromatic nitrogens is 3. The lowest BCUT2D eigenvalue weighted by Crippen LogP contribution is -2.35. The fourth-order valence-electron chi connectivity index (χ4n) is 2.55. The molecule has 1 heterocycles. The molecule has 144 valence electrons. The highest BCUT2D eigenvalue weighted by molar-refractivity contribution is 5.91. The summed E-state index contributed by atoms with van der Waals surface area (Å²) in [7, 11) is 0. The highest BCUT2D eigenvalue weighted by atomic mass is 16.5. The number of carbonyl (C=O) groups is 2. The quantitative estimate of drug-likeness (QED) is 0.667. The first-order valence-electron chi connectivity index (χ1n) is 8.97. The van der Waals surface area contributed by atoms with Gasteiger partial charge in [-0.2, -0.15) is 9.90 Å². The van der Waals surface area contributed by atoms with Crippen molar-refractivity contribution in [3.05, 3.63) is 77.1 Å². The lowest BCUT2D eigenvalue weighted by molar-refractivity contribution is -0.129. The van der Waals surface area contributed by atoms with E-state index in [0.717, 1.165) is 16.8 Å². The number of benzene rings is 2. The second-order valence-corrected chi connectivity index (χ2v) is 6.51. The van der Waals surface area contributed by atoms with Crippen LogP contribution in [0.25, 0.3) is 5.69 Å². The monoisotopic (exact) mass is 378 g/mol. The molecular weight excluding hydrogens is 356 g/mol. The van der Waals surface area contributed by atoms with Crippen molar-refractivity contribution in [3.63, 3.8) is 0 Å². The molecule has 7 heteroatoms. The number of amides is 1. The number of hydrogen-bond acceptors (Lipinski definition) is 5. The predicted octanol–water partition coefficient (Wildman–Crippen LogP) is 2.75. The molecule has 0 saturated carbocycles. The van der Waals surface area contributed by atoms with E-state index in [2.05, 4.69) is 15.5 Å². The lowest BCUT2D eigenvalue weighted by Gasteiger charge is -2.13. The molecule has 0 saturated heterocycles. The number of nitrogens with one attached hydrogen (secondary N) is 1. The molecule has 1 atom stereocenters. The van der Waals surface area contributed by atoms with Crippen LogP contribution >= 0.6 is 0 Å². The van der Waals surface area contributed by atoms with Gasteiger partial charge in [-0.25, -0.2) is 4.79 Å². The molecule has 3 rings (SSSR count). The molecule has 0 fully saturated rings. The van der Waals surface area contributed by atoms with E-state index in [1.165, 1.54) is 11.7 Å². The van der Waals surface area contributed by atoms with Crippen LogP contribution in [0.4, 0.5) is 0 Å². The Morgan fingerprint density at radius 2 is 1.71 bits per heavy atom. The van der Waals surface area contributed by atoms with E-state index < -0.39 is 12.1 Å². The van der Waals surface area contributed by atoms with E-state index in [1.807, 2.05) is 61.5 Å². The van der Waals surface area contributed by atoms with Crippen LogP contribution in [0, 0.1) is 13.8 Å². The SMILES string of the molecule is Cc1ccc(CNC(=O)[C@@H](C)OC(=O)c2nn(-c3ccccc3)nc2C)cc1. The first-order valence-corrected chi connectivity index (χ1v) is 8.97. The minimum atomic E-state index is -0.945. The van der Waals surface area contributed by atoms with Gasteiger partial charge in [0.2, 0.25) is 0 Å². The fraction of sp³-hybridized carbons (Fsp3) is 0.238. The van der Waals surface area contributed by atoms with Crippen LogP contribution in [-0.2, 0) is 16.1 Å². The van der Waals surface area contributed by atoms with Crippen molar-refractivity contribution in [3.8, 4) is 5.69 Å². The van der Waals surface area contributed by atoms with E-state index >= 15 is 0 Å². The van der Waals surface area contributed by atoms with Crippen molar-refractivity contribution in [2.24, 2.45) is 0 Å². The average molecular weight is 378 g/mol. The Morgan fingerprint density at radius 3 is 2.39 bits per heavy atom. The smallest absolute Gasteiger partial charge is 0.361 e. The Kier molecular flexibility index (Phi) is 5.84. The summed E-state index contributed by atoms with van der Waals surface area (Å²) in [6, 6.07) is 17.1. The average Bonchev–Trinajstić information content (AvgIpc) is 3.09. The van der Waals surface area contributed by atoms with Crippen molar-refractivity contribution >= 4 is 11.9 Å². The van der Waals surface area contributed by atoms with Crippen LogP contribution < -0.4 is 5.32 Å². The molecule has 1 amide bonds.